The molecule has 1 saturated heterocycles. The molecule has 0 spiro atoms. The van der Waals surface area contributed by atoms with E-state index in [4.69, 9.17) is 4.42 Å². The minimum absolute atomic E-state index is 0.202. The number of thiazole rings is 1. The fraction of sp³-hybridized carbons (Fsp3) is 0.235. The first-order valence-electron chi connectivity index (χ1n) is 7.73. The number of amides is 2. The van der Waals surface area contributed by atoms with Gasteiger partial charge in [0, 0.05) is 6.54 Å². The van der Waals surface area contributed by atoms with E-state index in [1.54, 1.807) is 17.0 Å². The molecule has 0 radical (unpaired) electrons. The van der Waals surface area contributed by atoms with Crippen LogP contribution in [0.5, 0.6) is 0 Å². The van der Waals surface area contributed by atoms with Gasteiger partial charge in [0.1, 0.15) is 6.04 Å². The first-order valence-corrected chi connectivity index (χ1v) is 8.55. The molecule has 6 nitrogen and oxygen atoms in total. The molecular formula is C17H15N3O3S. The Hall–Kier alpha value is -2.67. The van der Waals surface area contributed by atoms with Crippen LogP contribution < -0.4 is 5.32 Å². The maximum absolute atomic E-state index is 12.6. The number of benzene rings is 1. The number of nitrogens with zero attached hydrogens (tertiary/aromatic N) is 2. The number of carbonyl (C=O) groups is 2. The number of aromatic nitrogens is 1. The number of fused-ring (bicyclic) bond motifs is 1. The lowest BCUT2D eigenvalue weighted by atomic mass is 10.2. The lowest BCUT2D eigenvalue weighted by Gasteiger charge is -2.22. The van der Waals surface area contributed by atoms with Gasteiger partial charge in [-0.15, -0.1) is 0 Å². The van der Waals surface area contributed by atoms with Crippen LogP contribution in [0.3, 0.4) is 0 Å². The molecule has 24 heavy (non-hydrogen) atoms. The maximum atomic E-state index is 12.6. The van der Waals surface area contributed by atoms with Crippen LogP contribution in [0, 0.1) is 0 Å². The van der Waals surface area contributed by atoms with Crippen LogP contribution in [-0.2, 0) is 4.79 Å². The van der Waals surface area contributed by atoms with E-state index >= 15 is 0 Å². The van der Waals surface area contributed by atoms with E-state index in [0.717, 1.165) is 16.6 Å². The van der Waals surface area contributed by atoms with Crippen molar-refractivity contribution in [2.45, 2.75) is 18.9 Å². The van der Waals surface area contributed by atoms with E-state index in [0.29, 0.717) is 18.1 Å². The van der Waals surface area contributed by atoms with Crippen molar-refractivity contribution in [3.63, 3.8) is 0 Å². The molecule has 0 saturated carbocycles. The third kappa shape index (κ3) is 2.67. The van der Waals surface area contributed by atoms with Crippen LogP contribution in [-0.4, -0.2) is 34.3 Å². The number of hydrogen-bond donors (Lipinski definition) is 1. The van der Waals surface area contributed by atoms with E-state index in [1.807, 2.05) is 24.3 Å². The monoisotopic (exact) mass is 341 g/mol. The number of likely N-dealkylation sites (tertiary alicyclic amines) is 1. The van der Waals surface area contributed by atoms with Crippen molar-refractivity contribution in [2.24, 2.45) is 0 Å². The molecule has 3 aromatic rings. The molecule has 1 aliphatic rings. The van der Waals surface area contributed by atoms with Gasteiger partial charge < -0.3 is 14.6 Å². The number of hydrogen-bond acceptors (Lipinski definition) is 5. The van der Waals surface area contributed by atoms with Gasteiger partial charge in [0.05, 0.1) is 16.5 Å². The Morgan fingerprint density at radius 1 is 1.25 bits per heavy atom. The Morgan fingerprint density at radius 3 is 2.92 bits per heavy atom. The number of para-hydroxylation sites is 1. The van der Waals surface area contributed by atoms with Gasteiger partial charge in [-0.25, -0.2) is 4.98 Å². The third-order valence-electron chi connectivity index (χ3n) is 4.07. The van der Waals surface area contributed by atoms with Crippen LogP contribution in [0.15, 0.2) is 47.1 Å². The molecule has 1 aromatic carbocycles. The number of anilines is 1. The average molecular weight is 341 g/mol. The summed E-state index contributed by atoms with van der Waals surface area (Å²) in [6.45, 7) is 0.553. The summed E-state index contributed by atoms with van der Waals surface area (Å²) >= 11 is 1.43. The highest BCUT2D eigenvalue weighted by Crippen LogP contribution is 2.27. The standard InChI is InChI=1S/C17H15N3O3S/c21-15(19-17-18-11-5-1-2-8-14(11)24-17)12-6-3-9-20(12)16(22)13-7-4-10-23-13/h1-2,4-5,7-8,10,12H,3,6,9H2,(H,18,19,21)/t12-/m1/s1. The van der Waals surface area contributed by atoms with Gasteiger partial charge in [-0.05, 0) is 37.1 Å². The van der Waals surface area contributed by atoms with Crippen molar-refractivity contribution in [2.75, 3.05) is 11.9 Å². The zero-order valence-corrected chi connectivity index (χ0v) is 13.6. The zero-order valence-electron chi connectivity index (χ0n) is 12.8. The van der Waals surface area contributed by atoms with Crippen molar-refractivity contribution in [3.05, 3.63) is 48.4 Å². The molecule has 4 rings (SSSR count). The lowest BCUT2D eigenvalue weighted by Crippen LogP contribution is -2.43. The van der Waals surface area contributed by atoms with Crippen LogP contribution in [0.25, 0.3) is 10.2 Å². The van der Waals surface area contributed by atoms with E-state index in [-0.39, 0.29) is 17.6 Å². The fourth-order valence-electron chi connectivity index (χ4n) is 2.94. The van der Waals surface area contributed by atoms with E-state index in [2.05, 4.69) is 10.3 Å². The van der Waals surface area contributed by atoms with Gasteiger partial charge in [-0.1, -0.05) is 23.5 Å². The summed E-state index contributed by atoms with van der Waals surface area (Å²) in [5.74, 6) is -0.192. The summed E-state index contributed by atoms with van der Waals surface area (Å²) in [4.78, 5) is 31.0. The minimum atomic E-state index is -0.491. The number of carbonyl (C=O) groups excluding carboxylic acids is 2. The highest BCUT2D eigenvalue weighted by Gasteiger charge is 2.35. The molecule has 1 atom stereocenters. The molecule has 0 bridgehead atoms. The van der Waals surface area contributed by atoms with Gasteiger partial charge in [0.25, 0.3) is 5.91 Å². The number of rotatable bonds is 3. The third-order valence-corrected chi connectivity index (χ3v) is 5.02. The van der Waals surface area contributed by atoms with Crippen LogP contribution >= 0.6 is 11.3 Å². The first-order chi connectivity index (χ1) is 11.7. The molecule has 1 fully saturated rings. The fourth-order valence-corrected chi connectivity index (χ4v) is 3.81. The van der Waals surface area contributed by atoms with Crippen LogP contribution in [0.4, 0.5) is 5.13 Å². The first kappa shape index (κ1) is 14.9. The quantitative estimate of drug-likeness (QED) is 0.794. The predicted octanol–water partition coefficient (Wildman–Crippen LogP) is 3.13. The van der Waals surface area contributed by atoms with Gasteiger partial charge in [-0.2, -0.15) is 0 Å². The molecule has 0 unspecified atom stereocenters. The highest BCUT2D eigenvalue weighted by atomic mass is 32.1. The van der Waals surface area contributed by atoms with Crippen molar-refractivity contribution < 1.29 is 14.0 Å². The SMILES string of the molecule is O=C(Nc1nc2ccccc2s1)[C@H]1CCCN1C(=O)c1ccco1. The maximum Gasteiger partial charge on any atom is 0.290 e. The van der Waals surface area contributed by atoms with Crippen molar-refractivity contribution in [1.29, 1.82) is 0 Å². The van der Waals surface area contributed by atoms with Gasteiger partial charge in [0.2, 0.25) is 5.91 Å². The minimum Gasteiger partial charge on any atom is -0.459 e. The second kappa shape index (κ2) is 6.09. The molecule has 1 N–H and O–H groups in total. The zero-order chi connectivity index (χ0) is 16.5. The van der Waals surface area contributed by atoms with Crippen LogP contribution in [0.1, 0.15) is 23.4 Å². The lowest BCUT2D eigenvalue weighted by molar-refractivity contribution is -0.119. The highest BCUT2D eigenvalue weighted by molar-refractivity contribution is 7.22. The normalized spacial score (nSPS) is 17.3. The molecule has 3 heterocycles. The van der Waals surface area contributed by atoms with Gasteiger partial charge in [-0.3, -0.25) is 9.59 Å². The van der Waals surface area contributed by atoms with Crippen molar-refractivity contribution >= 4 is 38.5 Å². The van der Waals surface area contributed by atoms with Crippen LogP contribution in [0.2, 0.25) is 0 Å². The van der Waals surface area contributed by atoms with E-state index < -0.39 is 6.04 Å². The Bertz CT molecular complexity index is 855. The summed E-state index contributed by atoms with van der Waals surface area (Å²) in [6, 6.07) is 10.5. The van der Waals surface area contributed by atoms with E-state index in [9.17, 15) is 9.59 Å². The molecule has 1 aliphatic heterocycles. The number of nitrogens with one attached hydrogen (secondary N) is 1. The summed E-state index contributed by atoms with van der Waals surface area (Å²) < 4.78 is 6.18. The average Bonchev–Trinajstić information content (AvgIpc) is 3.32. The number of furan rings is 1. The summed E-state index contributed by atoms with van der Waals surface area (Å²) in [5.41, 5.74) is 0.854. The molecule has 2 aromatic heterocycles. The molecule has 7 heteroatoms. The second-order valence-corrected chi connectivity index (χ2v) is 6.64. The van der Waals surface area contributed by atoms with Crippen molar-refractivity contribution in [1.82, 2.24) is 9.88 Å². The largest absolute Gasteiger partial charge is 0.459 e. The molecular weight excluding hydrogens is 326 g/mol. The molecule has 0 aliphatic carbocycles. The molecule has 122 valence electrons. The van der Waals surface area contributed by atoms with Gasteiger partial charge >= 0.3 is 0 Å². The van der Waals surface area contributed by atoms with E-state index in [1.165, 1.54) is 17.6 Å². The molecule has 2 amide bonds. The smallest absolute Gasteiger partial charge is 0.290 e. The van der Waals surface area contributed by atoms with Crippen molar-refractivity contribution in [3.8, 4) is 0 Å². The summed E-state index contributed by atoms with van der Waals surface area (Å²) in [7, 11) is 0. The summed E-state index contributed by atoms with van der Waals surface area (Å²) in [6.07, 6.45) is 2.90. The second-order valence-electron chi connectivity index (χ2n) is 5.61. The Morgan fingerprint density at radius 2 is 2.12 bits per heavy atom. The Kier molecular flexibility index (Phi) is 3.78. The topological polar surface area (TPSA) is 75.4 Å². The predicted molar refractivity (Wildman–Crippen MR) is 91.0 cm³/mol. The van der Waals surface area contributed by atoms with Gasteiger partial charge in [0.15, 0.2) is 10.9 Å². The summed E-state index contributed by atoms with van der Waals surface area (Å²) in [5, 5.41) is 3.40. The Balaban J connectivity index is 1.51. The Labute approximate surface area is 142 Å².